The molecule has 0 radical (unpaired) electrons. The number of likely N-dealkylation sites (N-methyl/N-ethyl adjacent to an activating group) is 1. The highest BCUT2D eigenvalue weighted by atomic mass is 35.5. The summed E-state index contributed by atoms with van der Waals surface area (Å²) in [7, 11) is -2.36. The SMILES string of the molecule is CCN(CC)C(=O)C(C#N)(O[Si](C)(C)CCl)c1ccccc1. The van der Waals surface area contributed by atoms with Crippen LogP contribution in [-0.2, 0) is 14.8 Å². The van der Waals surface area contributed by atoms with Crippen molar-refractivity contribution in [2.45, 2.75) is 32.5 Å². The van der Waals surface area contributed by atoms with Gasteiger partial charge in [-0.25, -0.2) is 0 Å². The lowest BCUT2D eigenvalue weighted by Gasteiger charge is -2.36. The molecule has 4 nitrogen and oxygen atoms in total. The average molecular weight is 339 g/mol. The second-order valence-electron chi connectivity index (χ2n) is 5.63. The summed E-state index contributed by atoms with van der Waals surface area (Å²) >= 11 is 6.00. The highest BCUT2D eigenvalue weighted by molar-refractivity contribution is 6.77. The second-order valence-corrected chi connectivity index (χ2v) is 10.4. The number of hydrogen-bond acceptors (Lipinski definition) is 3. The Morgan fingerprint density at radius 1 is 1.32 bits per heavy atom. The highest BCUT2D eigenvalue weighted by Crippen LogP contribution is 2.31. The van der Waals surface area contributed by atoms with Crippen molar-refractivity contribution in [2.24, 2.45) is 0 Å². The van der Waals surface area contributed by atoms with Crippen LogP contribution in [-0.4, -0.2) is 37.7 Å². The Bertz CT molecular complexity index is 541. The molecule has 1 aromatic carbocycles. The molecule has 0 aromatic heterocycles. The number of alkyl halides is 1. The molecule has 1 amide bonds. The van der Waals surface area contributed by atoms with Crippen LogP contribution in [0.4, 0.5) is 0 Å². The summed E-state index contributed by atoms with van der Waals surface area (Å²) in [6, 6.07) is 11.1. The standard InChI is InChI=1S/C16H23ClN2O2Si/c1-5-19(6-2)15(20)16(12-18,21-22(3,4)13-17)14-10-8-7-9-11-14/h7-11H,5-6,13H2,1-4H3. The molecule has 0 fully saturated rings. The number of carbonyl (C=O) groups excluding carboxylic acids is 1. The molecule has 120 valence electrons. The van der Waals surface area contributed by atoms with Crippen LogP contribution in [0.3, 0.4) is 0 Å². The summed E-state index contributed by atoms with van der Waals surface area (Å²) in [5.41, 5.74) is -0.757. The van der Waals surface area contributed by atoms with Crippen molar-refractivity contribution in [1.82, 2.24) is 4.90 Å². The van der Waals surface area contributed by atoms with Gasteiger partial charge in [0.15, 0.2) is 0 Å². The maximum absolute atomic E-state index is 13.0. The predicted octanol–water partition coefficient (Wildman–Crippen LogP) is 3.27. The van der Waals surface area contributed by atoms with Crippen LogP contribution >= 0.6 is 11.6 Å². The first-order chi connectivity index (χ1) is 10.4. The number of halogens is 1. The van der Waals surface area contributed by atoms with Gasteiger partial charge in [-0.3, -0.25) is 4.79 Å². The van der Waals surface area contributed by atoms with Gasteiger partial charge in [-0.15, -0.1) is 11.6 Å². The van der Waals surface area contributed by atoms with E-state index < -0.39 is 13.9 Å². The number of amides is 1. The smallest absolute Gasteiger partial charge is 0.273 e. The third-order valence-electron chi connectivity index (χ3n) is 3.44. The van der Waals surface area contributed by atoms with Gasteiger partial charge in [-0.1, -0.05) is 30.3 Å². The van der Waals surface area contributed by atoms with E-state index >= 15 is 0 Å². The normalized spacial score (nSPS) is 14.0. The Labute approximate surface area is 138 Å². The Hall–Kier alpha value is -1.35. The van der Waals surface area contributed by atoms with Crippen LogP contribution in [0.2, 0.25) is 13.1 Å². The Morgan fingerprint density at radius 3 is 2.27 bits per heavy atom. The largest absolute Gasteiger partial charge is 0.388 e. The van der Waals surface area contributed by atoms with E-state index in [2.05, 4.69) is 6.07 Å². The molecule has 0 saturated carbocycles. The van der Waals surface area contributed by atoms with Crippen molar-refractivity contribution in [3.63, 3.8) is 0 Å². The Morgan fingerprint density at radius 2 is 1.86 bits per heavy atom. The van der Waals surface area contributed by atoms with E-state index in [1.54, 1.807) is 29.2 Å². The molecule has 6 heteroatoms. The minimum atomic E-state index is -2.36. The van der Waals surface area contributed by atoms with E-state index in [1.165, 1.54) is 0 Å². The van der Waals surface area contributed by atoms with E-state index in [4.69, 9.17) is 16.0 Å². The molecule has 1 unspecified atom stereocenters. The van der Waals surface area contributed by atoms with Gasteiger partial charge in [-0.2, -0.15) is 5.26 Å². The zero-order valence-electron chi connectivity index (χ0n) is 13.6. The molecule has 0 spiro atoms. The van der Waals surface area contributed by atoms with Crippen LogP contribution in [0, 0.1) is 11.3 Å². The van der Waals surface area contributed by atoms with E-state index in [0.717, 1.165) is 0 Å². The van der Waals surface area contributed by atoms with Crippen molar-refractivity contribution in [3.8, 4) is 6.07 Å². The second kappa shape index (κ2) is 7.77. The number of nitrogens with zero attached hydrogens (tertiary/aromatic N) is 2. The van der Waals surface area contributed by atoms with Crippen LogP contribution < -0.4 is 0 Å². The summed E-state index contributed by atoms with van der Waals surface area (Å²) in [6.07, 6.45) is 0. The van der Waals surface area contributed by atoms with Crippen molar-refractivity contribution < 1.29 is 9.22 Å². The van der Waals surface area contributed by atoms with Crippen molar-refractivity contribution in [1.29, 1.82) is 5.26 Å². The molecule has 0 aliphatic rings. The number of nitriles is 1. The summed E-state index contributed by atoms with van der Waals surface area (Å²) in [5.74, 6) is -0.322. The quantitative estimate of drug-likeness (QED) is 0.566. The van der Waals surface area contributed by atoms with E-state index in [9.17, 15) is 10.1 Å². The van der Waals surface area contributed by atoms with Crippen LogP contribution in [0.15, 0.2) is 30.3 Å². The molecule has 0 aliphatic carbocycles. The fourth-order valence-electron chi connectivity index (χ4n) is 2.21. The van der Waals surface area contributed by atoms with E-state index in [-0.39, 0.29) is 5.91 Å². The van der Waals surface area contributed by atoms with Crippen molar-refractivity contribution in [2.75, 3.05) is 18.6 Å². The molecule has 0 heterocycles. The van der Waals surface area contributed by atoms with Gasteiger partial charge in [0, 0.05) is 24.2 Å². The highest BCUT2D eigenvalue weighted by Gasteiger charge is 2.48. The van der Waals surface area contributed by atoms with E-state index in [1.807, 2.05) is 33.0 Å². The first-order valence-corrected chi connectivity index (χ1v) is 11.0. The van der Waals surface area contributed by atoms with Crippen LogP contribution in [0.25, 0.3) is 0 Å². The molecule has 1 atom stereocenters. The van der Waals surface area contributed by atoms with Gasteiger partial charge < -0.3 is 9.33 Å². The van der Waals surface area contributed by atoms with Gasteiger partial charge in [0.2, 0.25) is 13.9 Å². The molecular weight excluding hydrogens is 316 g/mol. The first kappa shape index (κ1) is 18.7. The van der Waals surface area contributed by atoms with Gasteiger partial charge in [0.25, 0.3) is 5.91 Å². The predicted molar refractivity (Wildman–Crippen MR) is 90.9 cm³/mol. The van der Waals surface area contributed by atoms with Crippen LogP contribution in [0.5, 0.6) is 0 Å². The maximum Gasteiger partial charge on any atom is 0.273 e. The third kappa shape index (κ3) is 3.89. The summed E-state index contributed by atoms with van der Waals surface area (Å²) in [4.78, 5) is 14.6. The monoisotopic (exact) mass is 338 g/mol. The molecule has 0 bridgehead atoms. The van der Waals surface area contributed by atoms with Crippen molar-refractivity contribution in [3.05, 3.63) is 35.9 Å². The van der Waals surface area contributed by atoms with Gasteiger partial charge in [0.05, 0.1) is 0 Å². The third-order valence-corrected chi connectivity index (χ3v) is 6.87. The van der Waals surface area contributed by atoms with E-state index in [0.29, 0.717) is 24.2 Å². The molecule has 22 heavy (non-hydrogen) atoms. The summed E-state index contributed by atoms with van der Waals surface area (Å²) < 4.78 is 6.11. The van der Waals surface area contributed by atoms with Gasteiger partial charge >= 0.3 is 0 Å². The minimum Gasteiger partial charge on any atom is -0.388 e. The summed E-state index contributed by atoms with van der Waals surface area (Å²) in [6.45, 7) is 8.64. The topological polar surface area (TPSA) is 53.3 Å². The molecule has 0 aliphatic heterocycles. The Balaban J connectivity index is 3.43. The zero-order chi connectivity index (χ0) is 16.8. The lowest BCUT2D eigenvalue weighted by Crippen LogP contribution is -2.53. The van der Waals surface area contributed by atoms with Gasteiger partial charge in [-0.05, 0) is 26.9 Å². The average Bonchev–Trinajstić information content (AvgIpc) is 2.54. The number of rotatable bonds is 7. The number of hydrogen-bond donors (Lipinski definition) is 0. The molecule has 1 aromatic rings. The fourth-order valence-corrected chi connectivity index (χ4v) is 3.51. The number of carbonyl (C=O) groups is 1. The molecule has 1 rings (SSSR count). The Kier molecular flexibility index (Phi) is 6.60. The fraction of sp³-hybridized carbons (Fsp3) is 0.500. The molecule has 0 N–H and O–H groups in total. The maximum atomic E-state index is 13.0. The number of benzene rings is 1. The summed E-state index contributed by atoms with van der Waals surface area (Å²) in [5, 5.41) is 9.86. The van der Waals surface area contributed by atoms with Gasteiger partial charge in [0.1, 0.15) is 6.07 Å². The minimum absolute atomic E-state index is 0.314. The first-order valence-electron chi connectivity index (χ1n) is 7.39. The lowest BCUT2D eigenvalue weighted by atomic mass is 9.94. The zero-order valence-corrected chi connectivity index (χ0v) is 15.4. The van der Waals surface area contributed by atoms with Crippen LogP contribution in [0.1, 0.15) is 19.4 Å². The van der Waals surface area contributed by atoms with Crippen molar-refractivity contribution >= 4 is 25.8 Å². The lowest BCUT2D eigenvalue weighted by molar-refractivity contribution is -0.144. The molecule has 0 saturated heterocycles. The molecular formula is C16H23ClN2O2Si.